The van der Waals surface area contributed by atoms with Gasteiger partial charge in [0.15, 0.2) is 0 Å². The zero-order valence-electron chi connectivity index (χ0n) is 9.23. The van der Waals surface area contributed by atoms with E-state index in [0.29, 0.717) is 5.49 Å². The lowest BCUT2D eigenvalue weighted by Crippen LogP contribution is -2.11. The standard InChI is InChI=1S/C12H12N4/c1-8-7-11(13)14-12-15(2)9-5-3-4-6-10(9)16(8)12/h3-7,13H,1-2H3. The van der Waals surface area contributed by atoms with E-state index in [9.17, 15) is 0 Å². The summed E-state index contributed by atoms with van der Waals surface area (Å²) in [6.45, 7) is 2.00. The summed E-state index contributed by atoms with van der Waals surface area (Å²) in [4.78, 5) is 4.27. The van der Waals surface area contributed by atoms with Crippen LogP contribution in [-0.2, 0) is 7.05 Å². The van der Waals surface area contributed by atoms with Crippen molar-refractivity contribution in [2.45, 2.75) is 6.92 Å². The molecule has 0 aliphatic heterocycles. The molecule has 0 saturated heterocycles. The van der Waals surface area contributed by atoms with E-state index >= 15 is 0 Å². The van der Waals surface area contributed by atoms with Crippen LogP contribution in [-0.4, -0.2) is 14.0 Å². The molecule has 4 heteroatoms. The second kappa shape index (κ2) is 2.95. The van der Waals surface area contributed by atoms with Crippen LogP contribution in [0.5, 0.6) is 0 Å². The van der Waals surface area contributed by atoms with Gasteiger partial charge in [0.05, 0.1) is 11.0 Å². The second-order valence-corrected chi connectivity index (χ2v) is 3.97. The molecule has 2 aromatic heterocycles. The van der Waals surface area contributed by atoms with E-state index in [1.165, 1.54) is 0 Å². The molecule has 0 atom stereocenters. The van der Waals surface area contributed by atoms with E-state index in [1.807, 2.05) is 30.7 Å². The molecule has 0 saturated carbocycles. The van der Waals surface area contributed by atoms with Crippen molar-refractivity contribution in [2.75, 3.05) is 0 Å². The number of hydrogen-bond acceptors (Lipinski definition) is 2. The van der Waals surface area contributed by atoms with E-state index in [1.54, 1.807) is 6.07 Å². The minimum absolute atomic E-state index is 0.309. The Balaban J connectivity index is 2.72. The van der Waals surface area contributed by atoms with Crippen molar-refractivity contribution in [3.8, 4) is 0 Å². The number of fused-ring (bicyclic) bond motifs is 3. The fourth-order valence-electron chi connectivity index (χ4n) is 2.18. The Morgan fingerprint density at radius 3 is 2.62 bits per heavy atom. The van der Waals surface area contributed by atoms with Crippen molar-refractivity contribution in [3.05, 3.63) is 41.5 Å². The average Bonchev–Trinajstić information content (AvgIpc) is 2.54. The molecule has 0 fully saturated rings. The first kappa shape index (κ1) is 9.15. The second-order valence-electron chi connectivity index (χ2n) is 3.97. The van der Waals surface area contributed by atoms with Gasteiger partial charge < -0.3 is 4.57 Å². The number of para-hydroxylation sites is 2. The lowest BCUT2D eigenvalue weighted by Gasteiger charge is -2.00. The van der Waals surface area contributed by atoms with Crippen LogP contribution in [0.25, 0.3) is 16.8 Å². The van der Waals surface area contributed by atoms with Crippen molar-refractivity contribution in [3.63, 3.8) is 0 Å². The Labute approximate surface area is 92.3 Å². The molecule has 0 radical (unpaired) electrons. The predicted octanol–water partition coefficient (Wildman–Crippen LogP) is 1.61. The minimum Gasteiger partial charge on any atom is -0.313 e. The van der Waals surface area contributed by atoms with E-state index in [0.717, 1.165) is 22.5 Å². The molecule has 16 heavy (non-hydrogen) atoms. The van der Waals surface area contributed by atoms with Gasteiger partial charge in [-0.3, -0.25) is 9.81 Å². The highest BCUT2D eigenvalue weighted by atomic mass is 15.2. The van der Waals surface area contributed by atoms with Gasteiger partial charge in [-0.25, -0.2) is 0 Å². The normalized spacial score (nSPS) is 11.4. The Bertz CT molecular complexity index is 749. The highest BCUT2D eigenvalue weighted by Gasteiger charge is 2.08. The van der Waals surface area contributed by atoms with Gasteiger partial charge in [-0.15, -0.1) is 0 Å². The molecular formula is C12H12N4. The third-order valence-electron chi connectivity index (χ3n) is 2.90. The molecule has 0 amide bonds. The maximum Gasteiger partial charge on any atom is 0.216 e. The predicted molar refractivity (Wildman–Crippen MR) is 62.3 cm³/mol. The molecule has 1 N–H and O–H groups in total. The Morgan fingerprint density at radius 1 is 1.19 bits per heavy atom. The van der Waals surface area contributed by atoms with Crippen LogP contribution in [0, 0.1) is 12.3 Å². The lowest BCUT2D eigenvalue weighted by molar-refractivity contribution is 0.907. The van der Waals surface area contributed by atoms with E-state index in [2.05, 4.69) is 21.5 Å². The van der Waals surface area contributed by atoms with Crippen LogP contribution in [0.2, 0.25) is 0 Å². The van der Waals surface area contributed by atoms with Crippen LogP contribution < -0.4 is 5.49 Å². The van der Waals surface area contributed by atoms with Gasteiger partial charge in [-0.1, -0.05) is 12.1 Å². The van der Waals surface area contributed by atoms with Crippen LogP contribution in [0.3, 0.4) is 0 Å². The van der Waals surface area contributed by atoms with E-state index in [4.69, 9.17) is 5.41 Å². The number of nitrogens with one attached hydrogen (secondary N) is 1. The highest BCUT2D eigenvalue weighted by molar-refractivity contribution is 5.80. The lowest BCUT2D eigenvalue weighted by atomic mass is 10.3. The van der Waals surface area contributed by atoms with Gasteiger partial charge in [0.1, 0.15) is 5.49 Å². The molecule has 0 unspecified atom stereocenters. The summed E-state index contributed by atoms with van der Waals surface area (Å²) >= 11 is 0. The van der Waals surface area contributed by atoms with Crippen LogP contribution >= 0.6 is 0 Å². The molecule has 3 aromatic rings. The number of aryl methyl sites for hydroxylation is 2. The Hall–Kier alpha value is -2.10. The number of aromatic nitrogens is 3. The van der Waals surface area contributed by atoms with E-state index in [-0.39, 0.29) is 0 Å². The molecule has 80 valence electrons. The molecule has 2 heterocycles. The summed E-state index contributed by atoms with van der Waals surface area (Å²) in [6, 6.07) is 9.94. The maximum absolute atomic E-state index is 7.65. The van der Waals surface area contributed by atoms with Crippen LogP contribution in [0.15, 0.2) is 30.3 Å². The number of hydrogen-bond donors (Lipinski definition) is 1. The zero-order chi connectivity index (χ0) is 11.3. The smallest absolute Gasteiger partial charge is 0.216 e. The topological polar surface area (TPSA) is 46.1 Å². The summed E-state index contributed by atoms with van der Waals surface area (Å²) in [7, 11) is 1.98. The molecule has 1 aromatic carbocycles. The van der Waals surface area contributed by atoms with Crippen molar-refractivity contribution < 1.29 is 0 Å². The van der Waals surface area contributed by atoms with Crippen molar-refractivity contribution in [2.24, 2.45) is 7.05 Å². The van der Waals surface area contributed by atoms with Gasteiger partial charge in [0, 0.05) is 18.8 Å². The fourth-order valence-corrected chi connectivity index (χ4v) is 2.18. The third-order valence-corrected chi connectivity index (χ3v) is 2.90. The van der Waals surface area contributed by atoms with Gasteiger partial charge in [-0.05, 0) is 19.1 Å². The molecule has 0 aliphatic rings. The van der Waals surface area contributed by atoms with Crippen LogP contribution in [0.4, 0.5) is 0 Å². The number of benzene rings is 1. The van der Waals surface area contributed by atoms with Crippen LogP contribution in [0.1, 0.15) is 5.69 Å². The quantitative estimate of drug-likeness (QED) is 0.604. The Morgan fingerprint density at radius 2 is 1.88 bits per heavy atom. The highest BCUT2D eigenvalue weighted by Crippen LogP contribution is 2.18. The van der Waals surface area contributed by atoms with Gasteiger partial charge in [0.25, 0.3) is 0 Å². The summed E-state index contributed by atoms with van der Waals surface area (Å²) in [5.41, 5.74) is 3.60. The fraction of sp³-hybridized carbons (Fsp3) is 0.167. The first-order valence-electron chi connectivity index (χ1n) is 5.17. The average molecular weight is 212 g/mol. The molecular weight excluding hydrogens is 200 g/mol. The summed E-state index contributed by atoms with van der Waals surface area (Å²) in [5, 5.41) is 7.65. The molecule has 0 spiro atoms. The first-order valence-corrected chi connectivity index (χ1v) is 5.17. The third kappa shape index (κ3) is 1.04. The van der Waals surface area contributed by atoms with Gasteiger partial charge in [0.2, 0.25) is 5.78 Å². The molecule has 4 nitrogen and oxygen atoms in total. The number of imidazole rings is 1. The molecule has 3 rings (SSSR count). The monoisotopic (exact) mass is 212 g/mol. The zero-order valence-corrected chi connectivity index (χ0v) is 9.23. The summed E-state index contributed by atoms with van der Waals surface area (Å²) < 4.78 is 4.09. The van der Waals surface area contributed by atoms with Gasteiger partial charge >= 0.3 is 0 Å². The van der Waals surface area contributed by atoms with Crippen molar-refractivity contribution in [1.29, 1.82) is 5.41 Å². The number of rotatable bonds is 0. The van der Waals surface area contributed by atoms with E-state index < -0.39 is 0 Å². The summed E-state index contributed by atoms with van der Waals surface area (Å²) in [6.07, 6.45) is 0. The largest absolute Gasteiger partial charge is 0.313 e. The first-order chi connectivity index (χ1) is 7.68. The minimum atomic E-state index is 0.309. The van der Waals surface area contributed by atoms with Gasteiger partial charge in [-0.2, -0.15) is 4.98 Å². The molecule has 0 aliphatic carbocycles. The van der Waals surface area contributed by atoms with Crippen molar-refractivity contribution >= 4 is 16.8 Å². The maximum atomic E-state index is 7.65. The number of nitrogens with zero attached hydrogens (tertiary/aromatic N) is 3. The molecule has 0 bridgehead atoms. The summed E-state index contributed by atoms with van der Waals surface area (Å²) in [5.74, 6) is 0.811. The SMILES string of the molecule is Cc1cc(=N)nc2n(C)c3ccccc3n12. The van der Waals surface area contributed by atoms with Crippen molar-refractivity contribution in [1.82, 2.24) is 14.0 Å². The Kier molecular flexibility index (Phi) is 1.68.